The molecular formula is C19H21N3O4S. The average Bonchev–Trinajstić information content (AvgIpc) is 2.61. The topological polar surface area (TPSA) is 95.6 Å². The van der Waals surface area contributed by atoms with E-state index in [0.29, 0.717) is 5.69 Å². The van der Waals surface area contributed by atoms with E-state index in [0.717, 1.165) is 11.1 Å². The molecule has 2 aromatic carbocycles. The molecule has 0 fully saturated rings. The number of fused-ring (bicyclic) bond motifs is 1. The largest absolute Gasteiger partial charge is 0.324 e. The minimum Gasteiger partial charge on any atom is -0.324 e. The summed E-state index contributed by atoms with van der Waals surface area (Å²) in [4.78, 5) is 25.6. The third kappa shape index (κ3) is 3.95. The van der Waals surface area contributed by atoms with E-state index in [1.54, 1.807) is 18.0 Å². The molecule has 1 aliphatic rings. The molecule has 0 spiro atoms. The highest BCUT2D eigenvalue weighted by Crippen LogP contribution is 2.30. The Labute approximate surface area is 158 Å². The molecule has 7 nitrogen and oxygen atoms in total. The van der Waals surface area contributed by atoms with Crippen LogP contribution in [0.25, 0.3) is 0 Å². The first kappa shape index (κ1) is 18.9. The van der Waals surface area contributed by atoms with Crippen LogP contribution in [0, 0.1) is 6.92 Å². The Morgan fingerprint density at radius 2 is 1.85 bits per heavy atom. The quantitative estimate of drug-likeness (QED) is 0.846. The molecule has 142 valence electrons. The molecule has 0 radical (unpaired) electrons. The lowest BCUT2D eigenvalue weighted by molar-refractivity contribution is -0.114. The maximum Gasteiger partial charge on any atom is 0.322 e. The van der Waals surface area contributed by atoms with Gasteiger partial charge < -0.3 is 15.5 Å². The molecule has 8 heteroatoms. The second-order valence-electron chi connectivity index (χ2n) is 6.65. The van der Waals surface area contributed by atoms with Crippen molar-refractivity contribution in [3.05, 3.63) is 53.6 Å². The van der Waals surface area contributed by atoms with Gasteiger partial charge in [-0.05, 0) is 37.6 Å². The molecule has 0 saturated carbocycles. The Bertz CT molecular complexity index is 1000. The predicted octanol–water partition coefficient (Wildman–Crippen LogP) is 2.95. The zero-order valence-corrected chi connectivity index (χ0v) is 16.1. The number of carbonyl (C=O) groups is 2. The predicted molar refractivity (Wildman–Crippen MR) is 104 cm³/mol. The second kappa shape index (κ2) is 7.03. The van der Waals surface area contributed by atoms with Gasteiger partial charge in [-0.25, -0.2) is 13.2 Å². The van der Waals surface area contributed by atoms with Crippen molar-refractivity contribution in [2.45, 2.75) is 24.8 Å². The van der Waals surface area contributed by atoms with Gasteiger partial charge in [-0.3, -0.25) is 4.79 Å². The van der Waals surface area contributed by atoms with Crippen molar-refractivity contribution >= 4 is 33.2 Å². The van der Waals surface area contributed by atoms with Gasteiger partial charge >= 0.3 is 6.03 Å². The van der Waals surface area contributed by atoms with Crippen molar-refractivity contribution < 1.29 is 18.0 Å². The van der Waals surface area contributed by atoms with Gasteiger partial charge in [-0.2, -0.15) is 0 Å². The molecule has 27 heavy (non-hydrogen) atoms. The van der Waals surface area contributed by atoms with Crippen LogP contribution >= 0.6 is 0 Å². The number of urea groups is 1. The van der Waals surface area contributed by atoms with Gasteiger partial charge in [0.2, 0.25) is 5.91 Å². The second-order valence-corrected chi connectivity index (χ2v) is 8.60. The average molecular weight is 387 g/mol. The number of nitrogens with one attached hydrogen (secondary N) is 2. The fraction of sp³-hybridized carbons (Fsp3) is 0.263. The number of aryl methyl sites for hydroxylation is 1. The lowest BCUT2D eigenvalue weighted by Crippen LogP contribution is -2.34. The van der Waals surface area contributed by atoms with Crippen molar-refractivity contribution in [2.24, 2.45) is 0 Å². The highest BCUT2D eigenvalue weighted by atomic mass is 32.2. The van der Waals surface area contributed by atoms with E-state index in [-0.39, 0.29) is 22.7 Å². The summed E-state index contributed by atoms with van der Waals surface area (Å²) in [5, 5.41) is 5.23. The molecule has 1 heterocycles. The van der Waals surface area contributed by atoms with E-state index in [1.165, 1.54) is 12.1 Å². The Morgan fingerprint density at radius 1 is 1.19 bits per heavy atom. The monoisotopic (exact) mass is 387 g/mol. The third-order valence-corrected chi connectivity index (χ3v) is 6.27. The normalized spacial score (nSPS) is 16.0. The van der Waals surface area contributed by atoms with E-state index in [4.69, 9.17) is 0 Å². The van der Waals surface area contributed by atoms with Crippen LogP contribution in [0.2, 0.25) is 0 Å². The first-order valence-electron chi connectivity index (χ1n) is 8.44. The molecule has 3 rings (SSSR count). The Hall–Kier alpha value is -2.87. The van der Waals surface area contributed by atoms with E-state index in [2.05, 4.69) is 10.6 Å². The summed E-state index contributed by atoms with van der Waals surface area (Å²) < 4.78 is 24.4. The molecule has 0 bridgehead atoms. The number of anilines is 2. The fourth-order valence-corrected chi connectivity index (χ4v) is 4.19. The van der Waals surface area contributed by atoms with Gasteiger partial charge in [-0.1, -0.05) is 29.8 Å². The van der Waals surface area contributed by atoms with Crippen LogP contribution < -0.4 is 10.6 Å². The van der Waals surface area contributed by atoms with Gasteiger partial charge in [0.15, 0.2) is 9.84 Å². The van der Waals surface area contributed by atoms with Gasteiger partial charge in [0.25, 0.3) is 0 Å². The standard InChI is InChI=1S/C19H21N3O4S/c1-12-4-6-14(7-5-12)13(2)22(3)19(24)20-15-8-9-16-17(10-15)27(25,26)11-18(23)21-16/h4-10,13H,11H2,1-3H3,(H,20,24)(H,21,23). The molecule has 1 aliphatic heterocycles. The van der Waals surface area contributed by atoms with Crippen molar-refractivity contribution in [1.29, 1.82) is 0 Å². The number of carbonyl (C=O) groups excluding carboxylic acids is 2. The minimum atomic E-state index is -3.71. The first-order valence-corrected chi connectivity index (χ1v) is 10.1. The van der Waals surface area contributed by atoms with Gasteiger partial charge in [0.05, 0.1) is 16.6 Å². The zero-order chi connectivity index (χ0) is 19.8. The molecule has 0 aliphatic carbocycles. The summed E-state index contributed by atoms with van der Waals surface area (Å²) in [6, 6.07) is 11.8. The SMILES string of the molecule is Cc1ccc(C(C)N(C)C(=O)Nc2ccc3c(c2)S(=O)(=O)CC(=O)N3)cc1. The summed E-state index contributed by atoms with van der Waals surface area (Å²) in [5.74, 6) is -1.16. The van der Waals surface area contributed by atoms with Crippen molar-refractivity contribution in [3.8, 4) is 0 Å². The van der Waals surface area contributed by atoms with Crippen LogP contribution in [0.1, 0.15) is 24.1 Å². The van der Waals surface area contributed by atoms with E-state index in [1.807, 2.05) is 38.1 Å². The number of nitrogens with zero attached hydrogens (tertiary/aromatic N) is 1. The smallest absolute Gasteiger partial charge is 0.322 e. The molecule has 2 aromatic rings. The van der Waals surface area contributed by atoms with Gasteiger partial charge in [0.1, 0.15) is 5.75 Å². The zero-order valence-electron chi connectivity index (χ0n) is 15.3. The van der Waals surface area contributed by atoms with Gasteiger partial charge in [0, 0.05) is 12.7 Å². The van der Waals surface area contributed by atoms with Crippen LogP contribution in [0.5, 0.6) is 0 Å². The Balaban J connectivity index is 1.78. The highest BCUT2D eigenvalue weighted by Gasteiger charge is 2.29. The summed E-state index contributed by atoms with van der Waals surface area (Å²) >= 11 is 0. The molecule has 0 aromatic heterocycles. The molecule has 2 N–H and O–H groups in total. The molecule has 1 unspecified atom stereocenters. The maximum absolute atomic E-state index is 12.6. The number of amides is 3. The summed E-state index contributed by atoms with van der Waals surface area (Å²) in [5.41, 5.74) is 2.71. The Kier molecular flexibility index (Phi) is 4.93. The van der Waals surface area contributed by atoms with Crippen LogP contribution in [-0.2, 0) is 14.6 Å². The van der Waals surface area contributed by atoms with Crippen LogP contribution in [0.4, 0.5) is 16.2 Å². The number of benzene rings is 2. The first-order chi connectivity index (χ1) is 12.7. The number of hydrogen-bond donors (Lipinski definition) is 2. The van der Waals surface area contributed by atoms with Crippen LogP contribution in [0.15, 0.2) is 47.4 Å². The minimum absolute atomic E-state index is 0.00846. The lowest BCUT2D eigenvalue weighted by atomic mass is 10.1. The number of hydrogen-bond acceptors (Lipinski definition) is 4. The van der Waals surface area contributed by atoms with E-state index < -0.39 is 21.5 Å². The number of rotatable bonds is 3. The summed E-state index contributed by atoms with van der Waals surface area (Å²) in [6.07, 6.45) is 0. The van der Waals surface area contributed by atoms with E-state index >= 15 is 0 Å². The summed E-state index contributed by atoms with van der Waals surface area (Å²) in [7, 11) is -2.03. The molecule has 0 saturated heterocycles. The number of sulfone groups is 1. The maximum atomic E-state index is 12.6. The lowest BCUT2D eigenvalue weighted by Gasteiger charge is -2.26. The third-order valence-electron chi connectivity index (χ3n) is 4.62. The Morgan fingerprint density at radius 3 is 2.52 bits per heavy atom. The van der Waals surface area contributed by atoms with Crippen molar-refractivity contribution in [3.63, 3.8) is 0 Å². The summed E-state index contributed by atoms with van der Waals surface area (Å²) in [6.45, 7) is 3.91. The fourth-order valence-electron chi connectivity index (χ4n) is 2.85. The highest BCUT2D eigenvalue weighted by molar-refractivity contribution is 7.92. The van der Waals surface area contributed by atoms with Crippen molar-refractivity contribution in [1.82, 2.24) is 4.90 Å². The molecular weight excluding hydrogens is 366 g/mol. The van der Waals surface area contributed by atoms with Crippen molar-refractivity contribution in [2.75, 3.05) is 23.4 Å². The molecule has 1 atom stereocenters. The van der Waals surface area contributed by atoms with Gasteiger partial charge in [-0.15, -0.1) is 0 Å². The van der Waals surface area contributed by atoms with E-state index in [9.17, 15) is 18.0 Å². The molecule has 3 amide bonds. The van der Waals surface area contributed by atoms with Crippen LogP contribution in [0.3, 0.4) is 0 Å². The van der Waals surface area contributed by atoms with Crippen LogP contribution in [-0.4, -0.2) is 38.1 Å².